The molecule has 0 saturated carbocycles. The second-order valence-corrected chi connectivity index (χ2v) is 4.53. The summed E-state index contributed by atoms with van der Waals surface area (Å²) in [4.78, 5) is 17.8. The van der Waals surface area contributed by atoms with E-state index in [9.17, 15) is 4.79 Å². The van der Waals surface area contributed by atoms with Gasteiger partial charge in [-0.05, 0) is 26.2 Å². The van der Waals surface area contributed by atoms with Crippen LogP contribution in [0.3, 0.4) is 0 Å². The Balaban J connectivity index is 0.00000324. The molecule has 0 aromatic carbocycles. The molecule has 0 unspecified atom stereocenters. The number of amides is 1. The number of likely N-dealkylation sites (tertiary alicyclic amines) is 1. The lowest BCUT2D eigenvalue weighted by atomic mass is 10.4. The van der Waals surface area contributed by atoms with Gasteiger partial charge in [0.15, 0.2) is 5.96 Å². The number of hydrogen-bond donors (Lipinski definition) is 2. The van der Waals surface area contributed by atoms with Crippen molar-refractivity contribution in [3.05, 3.63) is 0 Å². The zero-order chi connectivity index (χ0) is 13.2. The molecule has 0 spiro atoms. The molecule has 0 atom stereocenters. The molecule has 6 heteroatoms. The third-order valence-corrected chi connectivity index (χ3v) is 2.91. The molecule has 1 rings (SSSR count). The number of carbonyl (C=O) groups excluding carboxylic acids is 1. The van der Waals surface area contributed by atoms with Crippen LogP contribution in [0.4, 0.5) is 0 Å². The summed E-state index contributed by atoms with van der Waals surface area (Å²) in [7, 11) is 0. The van der Waals surface area contributed by atoms with Gasteiger partial charge in [-0.15, -0.1) is 24.0 Å². The summed E-state index contributed by atoms with van der Waals surface area (Å²) >= 11 is 0. The van der Waals surface area contributed by atoms with Crippen molar-refractivity contribution in [1.29, 1.82) is 0 Å². The van der Waals surface area contributed by atoms with Crippen LogP contribution in [0.15, 0.2) is 4.99 Å². The Morgan fingerprint density at radius 2 is 2.16 bits per heavy atom. The van der Waals surface area contributed by atoms with E-state index in [-0.39, 0.29) is 24.0 Å². The van der Waals surface area contributed by atoms with Gasteiger partial charge in [0.1, 0.15) is 0 Å². The molecule has 0 radical (unpaired) electrons. The summed E-state index contributed by atoms with van der Waals surface area (Å²) in [6, 6.07) is 0. The van der Waals surface area contributed by atoms with Crippen LogP contribution in [0, 0.1) is 0 Å². The van der Waals surface area contributed by atoms with Crippen molar-refractivity contribution in [1.82, 2.24) is 15.5 Å². The second-order valence-electron chi connectivity index (χ2n) is 4.53. The smallest absolute Gasteiger partial charge is 0.222 e. The van der Waals surface area contributed by atoms with Gasteiger partial charge in [-0.2, -0.15) is 0 Å². The third kappa shape index (κ3) is 7.59. The van der Waals surface area contributed by atoms with Gasteiger partial charge in [0.05, 0.1) is 0 Å². The monoisotopic (exact) mass is 382 g/mol. The van der Waals surface area contributed by atoms with Gasteiger partial charge in [-0.1, -0.05) is 6.92 Å². The summed E-state index contributed by atoms with van der Waals surface area (Å²) in [5.41, 5.74) is 0. The quantitative estimate of drug-likeness (QED) is 0.304. The number of halogens is 1. The molecule has 2 N–H and O–H groups in total. The van der Waals surface area contributed by atoms with Crippen LogP contribution in [0.5, 0.6) is 0 Å². The summed E-state index contributed by atoms with van der Waals surface area (Å²) < 4.78 is 0. The highest BCUT2D eigenvalue weighted by Gasteiger charge is 2.18. The minimum Gasteiger partial charge on any atom is -0.357 e. The van der Waals surface area contributed by atoms with Crippen LogP contribution < -0.4 is 10.6 Å². The topological polar surface area (TPSA) is 56.7 Å². The Bertz CT molecular complexity index is 284. The molecule has 0 aliphatic carbocycles. The van der Waals surface area contributed by atoms with Crippen LogP contribution in [0.1, 0.15) is 39.5 Å². The average molecular weight is 382 g/mol. The lowest BCUT2D eigenvalue weighted by Crippen LogP contribution is -2.39. The number of nitrogens with one attached hydrogen (secondary N) is 2. The highest BCUT2D eigenvalue weighted by Crippen LogP contribution is 2.09. The largest absolute Gasteiger partial charge is 0.357 e. The van der Waals surface area contributed by atoms with Gasteiger partial charge < -0.3 is 15.5 Å². The van der Waals surface area contributed by atoms with E-state index in [1.54, 1.807) is 0 Å². The lowest BCUT2D eigenvalue weighted by molar-refractivity contribution is -0.127. The maximum Gasteiger partial charge on any atom is 0.222 e. The highest BCUT2D eigenvalue weighted by molar-refractivity contribution is 14.0. The van der Waals surface area contributed by atoms with E-state index in [4.69, 9.17) is 0 Å². The Kier molecular flexibility index (Phi) is 11.0. The van der Waals surface area contributed by atoms with Crippen LogP contribution in [-0.4, -0.2) is 49.5 Å². The number of rotatable bonds is 7. The van der Waals surface area contributed by atoms with E-state index in [1.807, 2.05) is 4.90 Å². The van der Waals surface area contributed by atoms with Crippen LogP contribution in [-0.2, 0) is 4.79 Å². The Morgan fingerprint density at radius 1 is 1.37 bits per heavy atom. The fourth-order valence-corrected chi connectivity index (χ4v) is 1.98. The van der Waals surface area contributed by atoms with Gasteiger partial charge in [-0.25, -0.2) is 0 Å². The summed E-state index contributed by atoms with van der Waals surface area (Å²) in [5.74, 6) is 1.19. The van der Waals surface area contributed by atoms with Crippen molar-refractivity contribution in [3.63, 3.8) is 0 Å². The lowest BCUT2D eigenvalue weighted by Gasteiger charge is -2.16. The molecule has 112 valence electrons. The van der Waals surface area contributed by atoms with Gasteiger partial charge in [0.25, 0.3) is 0 Å². The van der Waals surface area contributed by atoms with Crippen molar-refractivity contribution in [3.8, 4) is 0 Å². The molecule has 1 aliphatic rings. The number of nitrogens with zero attached hydrogens (tertiary/aromatic N) is 2. The fourth-order valence-electron chi connectivity index (χ4n) is 1.98. The predicted octanol–water partition coefficient (Wildman–Crippen LogP) is 1.58. The van der Waals surface area contributed by atoms with E-state index in [2.05, 4.69) is 29.5 Å². The third-order valence-electron chi connectivity index (χ3n) is 2.91. The van der Waals surface area contributed by atoms with Gasteiger partial charge >= 0.3 is 0 Å². The van der Waals surface area contributed by atoms with Crippen molar-refractivity contribution in [2.24, 2.45) is 4.99 Å². The number of hydrogen-bond acceptors (Lipinski definition) is 2. The van der Waals surface area contributed by atoms with Gasteiger partial charge in [0.2, 0.25) is 5.91 Å². The molecular weight excluding hydrogens is 355 g/mol. The zero-order valence-corrected chi connectivity index (χ0v) is 14.4. The Labute approximate surface area is 133 Å². The van der Waals surface area contributed by atoms with E-state index < -0.39 is 0 Å². The van der Waals surface area contributed by atoms with E-state index >= 15 is 0 Å². The van der Waals surface area contributed by atoms with Crippen LogP contribution in [0.2, 0.25) is 0 Å². The first-order valence-corrected chi connectivity index (χ1v) is 7.07. The molecule has 0 aromatic rings. The summed E-state index contributed by atoms with van der Waals surface area (Å²) in [5, 5.41) is 6.51. The number of aliphatic imine (C=N–C) groups is 1. The Hall–Kier alpha value is -0.530. The van der Waals surface area contributed by atoms with Crippen molar-refractivity contribution < 1.29 is 4.79 Å². The second kappa shape index (κ2) is 11.3. The molecule has 5 nitrogen and oxygen atoms in total. The molecular formula is C13H27IN4O. The molecule has 1 saturated heterocycles. The van der Waals surface area contributed by atoms with Crippen molar-refractivity contribution in [2.45, 2.75) is 39.5 Å². The number of carbonyl (C=O) groups is 1. The molecule has 1 heterocycles. The van der Waals surface area contributed by atoms with Crippen LogP contribution in [0.25, 0.3) is 0 Å². The summed E-state index contributed by atoms with van der Waals surface area (Å²) in [6.07, 6.45) is 3.78. The zero-order valence-electron chi connectivity index (χ0n) is 12.1. The normalized spacial score (nSPS) is 15.4. The highest BCUT2D eigenvalue weighted by atomic mass is 127. The maximum atomic E-state index is 11.4. The van der Waals surface area contributed by atoms with Crippen LogP contribution >= 0.6 is 24.0 Å². The first-order chi connectivity index (χ1) is 8.77. The molecule has 19 heavy (non-hydrogen) atoms. The molecule has 1 aliphatic heterocycles. The first-order valence-electron chi connectivity index (χ1n) is 7.07. The van der Waals surface area contributed by atoms with Crippen molar-refractivity contribution in [2.75, 3.05) is 32.7 Å². The van der Waals surface area contributed by atoms with Crippen molar-refractivity contribution >= 4 is 35.8 Å². The van der Waals surface area contributed by atoms with Gasteiger partial charge in [0, 0.05) is 39.1 Å². The standard InChI is InChI=1S/C13H26N4O.HI/c1-3-8-15-13(14-4-2)16-9-6-11-17-10-5-7-12(17)18;/h3-11H2,1-2H3,(H2,14,15,16);1H. The first kappa shape index (κ1) is 18.5. The molecule has 0 bridgehead atoms. The minimum absolute atomic E-state index is 0. The van der Waals surface area contributed by atoms with E-state index in [0.29, 0.717) is 5.91 Å². The maximum absolute atomic E-state index is 11.4. The van der Waals surface area contributed by atoms with Gasteiger partial charge in [-0.3, -0.25) is 9.79 Å². The average Bonchev–Trinajstić information content (AvgIpc) is 2.77. The predicted molar refractivity (Wildman–Crippen MR) is 90.1 cm³/mol. The summed E-state index contributed by atoms with van der Waals surface area (Å²) in [6.45, 7) is 8.55. The van der Waals surface area contributed by atoms with E-state index in [0.717, 1.165) is 64.4 Å². The SMILES string of the molecule is CCCN=C(NCC)NCCCN1CCCC1=O.I. The number of guanidine groups is 1. The molecule has 1 fully saturated rings. The molecule has 1 amide bonds. The Morgan fingerprint density at radius 3 is 2.74 bits per heavy atom. The minimum atomic E-state index is 0. The molecule has 0 aromatic heterocycles. The van der Waals surface area contributed by atoms with E-state index in [1.165, 1.54) is 0 Å². The fraction of sp³-hybridized carbons (Fsp3) is 0.846.